The summed E-state index contributed by atoms with van der Waals surface area (Å²) in [5, 5.41) is 4.33. The quantitative estimate of drug-likeness (QED) is 0.462. The van der Waals surface area contributed by atoms with Crippen molar-refractivity contribution in [3.05, 3.63) is 78.5 Å². The van der Waals surface area contributed by atoms with E-state index in [2.05, 4.69) is 37.4 Å². The molecular weight excluding hydrogens is 374 g/mol. The van der Waals surface area contributed by atoms with Crippen molar-refractivity contribution in [3.8, 4) is 0 Å². The number of benzene rings is 2. The second-order valence-corrected chi connectivity index (χ2v) is 7.38. The van der Waals surface area contributed by atoms with Crippen molar-refractivity contribution in [3.63, 3.8) is 0 Å². The zero-order chi connectivity index (χ0) is 20.5. The minimum atomic E-state index is 0.741. The molecule has 0 saturated carbocycles. The van der Waals surface area contributed by atoms with Crippen LogP contribution in [0.15, 0.2) is 67.1 Å². The monoisotopic (exact) mass is 395 g/mol. The maximum absolute atomic E-state index is 4.76. The fraction of sp³-hybridized carbons (Fsp3) is 0.130. The molecule has 2 N–H and O–H groups in total. The number of H-pyrrole nitrogens is 1. The summed E-state index contributed by atoms with van der Waals surface area (Å²) in [6, 6.07) is 18.4. The van der Waals surface area contributed by atoms with Crippen LogP contribution < -0.4 is 10.2 Å². The van der Waals surface area contributed by atoms with E-state index in [-0.39, 0.29) is 0 Å². The van der Waals surface area contributed by atoms with Crippen LogP contribution in [0.25, 0.3) is 21.9 Å². The number of aromatic amines is 1. The van der Waals surface area contributed by atoms with Gasteiger partial charge in [0.15, 0.2) is 0 Å². The van der Waals surface area contributed by atoms with Gasteiger partial charge in [-0.2, -0.15) is 0 Å². The number of aromatic nitrogens is 5. The Morgan fingerprint density at radius 3 is 2.63 bits per heavy atom. The number of nitrogens with zero attached hydrogens (tertiary/aromatic N) is 5. The molecule has 30 heavy (non-hydrogen) atoms. The summed E-state index contributed by atoms with van der Waals surface area (Å²) < 4.78 is 0. The zero-order valence-corrected chi connectivity index (χ0v) is 16.8. The first kappa shape index (κ1) is 18.1. The molecule has 0 radical (unpaired) electrons. The van der Waals surface area contributed by atoms with Crippen molar-refractivity contribution in [1.29, 1.82) is 0 Å². The Bertz CT molecular complexity index is 1330. The van der Waals surface area contributed by atoms with Gasteiger partial charge in [0.1, 0.15) is 23.8 Å². The van der Waals surface area contributed by atoms with Gasteiger partial charge < -0.3 is 15.2 Å². The van der Waals surface area contributed by atoms with E-state index in [0.29, 0.717) is 0 Å². The van der Waals surface area contributed by atoms with Crippen molar-refractivity contribution in [2.45, 2.75) is 6.42 Å². The lowest BCUT2D eigenvalue weighted by Gasteiger charge is -2.13. The number of pyridine rings is 1. The predicted molar refractivity (Wildman–Crippen MR) is 120 cm³/mol. The minimum Gasteiger partial charge on any atom is -0.363 e. The fourth-order valence-corrected chi connectivity index (χ4v) is 3.44. The normalized spacial score (nSPS) is 11.1. The number of rotatable bonds is 5. The second-order valence-electron chi connectivity index (χ2n) is 7.38. The number of anilines is 3. The molecule has 7 nitrogen and oxygen atoms in total. The van der Waals surface area contributed by atoms with Crippen LogP contribution in [0, 0.1) is 0 Å². The molecule has 0 fully saturated rings. The Labute approximate surface area is 173 Å². The van der Waals surface area contributed by atoms with Gasteiger partial charge in [-0.1, -0.05) is 30.3 Å². The molecule has 0 atom stereocenters. The van der Waals surface area contributed by atoms with E-state index in [9.17, 15) is 0 Å². The van der Waals surface area contributed by atoms with Gasteiger partial charge in [-0.25, -0.2) is 19.9 Å². The number of imidazole rings is 1. The van der Waals surface area contributed by atoms with E-state index in [0.717, 1.165) is 51.5 Å². The highest BCUT2D eigenvalue weighted by molar-refractivity contribution is 5.92. The van der Waals surface area contributed by atoms with Crippen molar-refractivity contribution >= 4 is 39.3 Å². The van der Waals surface area contributed by atoms with Gasteiger partial charge in [0.25, 0.3) is 0 Å². The molecule has 2 aromatic carbocycles. The molecule has 5 rings (SSSR count). The van der Waals surface area contributed by atoms with Crippen LogP contribution in [0.1, 0.15) is 11.4 Å². The molecule has 3 heterocycles. The SMILES string of the molecule is CN(C)c1cc2c(Nc3ccc4[nH]c(Cc5ccccc5)nc4c3)ncnc2cn1. The Morgan fingerprint density at radius 2 is 1.80 bits per heavy atom. The first-order valence-electron chi connectivity index (χ1n) is 9.73. The number of hydrogen-bond donors (Lipinski definition) is 2. The molecule has 0 aliphatic carbocycles. The molecule has 148 valence electrons. The maximum Gasteiger partial charge on any atom is 0.141 e. The largest absolute Gasteiger partial charge is 0.363 e. The number of hydrogen-bond acceptors (Lipinski definition) is 6. The minimum absolute atomic E-state index is 0.741. The van der Waals surface area contributed by atoms with Gasteiger partial charge in [0.05, 0.1) is 22.7 Å². The highest BCUT2D eigenvalue weighted by Gasteiger charge is 2.09. The van der Waals surface area contributed by atoms with Crippen molar-refractivity contribution < 1.29 is 0 Å². The molecule has 0 amide bonds. The summed E-state index contributed by atoms with van der Waals surface area (Å²) >= 11 is 0. The van der Waals surface area contributed by atoms with Crippen LogP contribution >= 0.6 is 0 Å². The van der Waals surface area contributed by atoms with E-state index < -0.39 is 0 Å². The fourth-order valence-electron chi connectivity index (χ4n) is 3.44. The third-order valence-corrected chi connectivity index (χ3v) is 4.97. The van der Waals surface area contributed by atoms with Crippen molar-refractivity contribution in [2.24, 2.45) is 0 Å². The van der Waals surface area contributed by atoms with Crippen LogP contribution in [-0.4, -0.2) is 39.0 Å². The summed E-state index contributed by atoms with van der Waals surface area (Å²) in [6.07, 6.45) is 4.09. The molecule has 0 aliphatic rings. The molecule has 0 unspecified atom stereocenters. The van der Waals surface area contributed by atoms with E-state index in [1.54, 1.807) is 12.5 Å². The van der Waals surface area contributed by atoms with Crippen molar-refractivity contribution in [1.82, 2.24) is 24.9 Å². The molecular formula is C23H21N7. The average Bonchev–Trinajstić information content (AvgIpc) is 3.16. The Hall–Kier alpha value is -4.00. The first-order chi connectivity index (χ1) is 14.7. The highest BCUT2D eigenvalue weighted by Crippen LogP contribution is 2.26. The molecule has 0 aliphatic heterocycles. The van der Waals surface area contributed by atoms with Gasteiger partial charge in [-0.15, -0.1) is 0 Å². The summed E-state index contributed by atoms with van der Waals surface area (Å²) in [4.78, 5) is 23.3. The van der Waals surface area contributed by atoms with Gasteiger partial charge >= 0.3 is 0 Å². The molecule has 5 aromatic rings. The van der Waals surface area contributed by atoms with Crippen LogP contribution in [-0.2, 0) is 6.42 Å². The lowest BCUT2D eigenvalue weighted by molar-refractivity contribution is 1.04. The summed E-state index contributed by atoms with van der Waals surface area (Å²) in [7, 11) is 3.92. The van der Waals surface area contributed by atoms with Crippen LogP contribution in [0.2, 0.25) is 0 Å². The van der Waals surface area contributed by atoms with Gasteiger partial charge in [0, 0.05) is 31.6 Å². The lowest BCUT2D eigenvalue weighted by Crippen LogP contribution is -2.10. The van der Waals surface area contributed by atoms with Crippen molar-refractivity contribution in [2.75, 3.05) is 24.3 Å². The van der Waals surface area contributed by atoms with Crippen LogP contribution in [0.3, 0.4) is 0 Å². The Morgan fingerprint density at radius 1 is 0.933 bits per heavy atom. The summed E-state index contributed by atoms with van der Waals surface area (Å²) in [6.45, 7) is 0. The van der Waals surface area contributed by atoms with E-state index in [1.807, 2.05) is 61.5 Å². The lowest BCUT2D eigenvalue weighted by atomic mass is 10.1. The third-order valence-electron chi connectivity index (χ3n) is 4.97. The maximum atomic E-state index is 4.76. The molecule has 0 bridgehead atoms. The second kappa shape index (κ2) is 7.44. The van der Waals surface area contributed by atoms with Gasteiger partial charge in [-0.05, 0) is 29.8 Å². The van der Waals surface area contributed by atoms with E-state index in [4.69, 9.17) is 4.98 Å². The summed E-state index contributed by atoms with van der Waals surface area (Å²) in [5.41, 5.74) is 4.87. The van der Waals surface area contributed by atoms with Crippen LogP contribution in [0.4, 0.5) is 17.3 Å². The molecule has 0 saturated heterocycles. The average molecular weight is 395 g/mol. The highest BCUT2D eigenvalue weighted by atomic mass is 15.1. The topological polar surface area (TPSA) is 82.6 Å². The smallest absolute Gasteiger partial charge is 0.141 e. The van der Waals surface area contributed by atoms with Gasteiger partial charge in [0.2, 0.25) is 0 Å². The number of fused-ring (bicyclic) bond motifs is 2. The molecule has 0 spiro atoms. The third kappa shape index (κ3) is 3.53. The predicted octanol–water partition coefficient (Wildman–Crippen LogP) is 4.30. The first-order valence-corrected chi connectivity index (χ1v) is 9.73. The molecule has 7 heteroatoms. The van der Waals surface area contributed by atoms with E-state index in [1.165, 1.54) is 5.56 Å². The summed E-state index contributed by atoms with van der Waals surface area (Å²) in [5.74, 6) is 2.54. The Balaban J connectivity index is 1.46. The molecule has 3 aromatic heterocycles. The van der Waals surface area contributed by atoms with Gasteiger partial charge in [-0.3, -0.25) is 0 Å². The standard InChI is InChI=1S/C23H21N7/c1-30(2)22-12-17-20(13-24-22)25-14-26-23(17)27-16-8-9-18-19(11-16)29-21(28-18)10-15-6-4-3-5-7-15/h3-9,11-14H,10H2,1-2H3,(H,28,29)(H,25,26,27). The Kier molecular flexibility index (Phi) is 4.48. The zero-order valence-electron chi connectivity index (χ0n) is 16.8. The van der Waals surface area contributed by atoms with Crippen LogP contribution in [0.5, 0.6) is 0 Å². The number of nitrogens with one attached hydrogen (secondary N) is 2. The van der Waals surface area contributed by atoms with E-state index >= 15 is 0 Å².